The third-order valence-electron chi connectivity index (χ3n) is 6.87. The van der Waals surface area contributed by atoms with E-state index >= 15 is 0 Å². The Bertz CT molecular complexity index is 943. The van der Waals surface area contributed by atoms with Gasteiger partial charge in [0.25, 0.3) is 0 Å². The van der Waals surface area contributed by atoms with Crippen molar-refractivity contribution in [2.24, 2.45) is 9.98 Å². The molecular formula is C32H48N2Ni. The fraction of sp³-hybridized carbons (Fsp3) is 0.562. The number of aliphatic imine (C=N–C) groups is 2. The predicted octanol–water partition coefficient (Wildman–Crippen LogP) is 9.94. The molecule has 0 fully saturated rings. The van der Waals surface area contributed by atoms with E-state index in [-0.39, 0.29) is 16.5 Å². The van der Waals surface area contributed by atoms with Crippen LogP contribution in [0.1, 0.15) is 115 Å². The van der Waals surface area contributed by atoms with Crippen LogP contribution < -0.4 is 0 Å². The molecule has 0 saturated carbocycles. The number of benzene rings is 2. The summed E-state index contributed by atoms with van der Waals surface area (Å²) in [5, 5.41) is 0. The van der Waals surface area contributed by atoms with Crippen LogP contribution in [0, 0.1) is 0 Å². The summed E-state index contributed by atoms with van der Waals surface area (Å²) in [5.41, 5.74) is 10.1. The topological polar surface area (TPSA) is 24.7 Å². The van der Waals surface area contributed by atoms with Gasteiger partial charge >= 0.3 is 0 Å². The zero-order valence-electron chi connectivity index (χ0n) is 23.2. The maximum absolute atomic E-state index is 5.21. The van der Waals surface area contributed by atoms with Gasteiger partial charge in [0, 0.05) is 16.5 Å². The van der Waals surface area contributed by atoms with Crippen molar-refractivity contribution in [3.63, 3.8) is 0 Å². The molecule has 0 saturated heterocycles. The molecule has 0 heterocycles. The van der Waals surface area contributed by atoms with Crippen LogP contribution in [0.5, 0.6) is 0 Å². The molecule has 3 heteroatoms. The third-order valence-corrected chi connectivity index (χ3v) is 6.87. The van der Waals surface area contributed by atoms with Crippen LogP contribution in [0.3, 0.4) is 0 Å². The van der Waals surface area contributed by atoms with E-state index in [1.807, 2.05) is 0 Å². The minimum absolute atomic E-state index is 0. The van der Waals surface area contributed by atoms with Gasteiger partial charge < -0.3 is 0 Å². The Morgan fingerprint density at radius 2 is 1.00 bits per heavy atom. The third kappa shape index (κ3) is 10.0. The van der Waals surface area contributed by atoms with Crippen molar-refractivity contribution in [2.45, 2.75) is 119 Å². The Hall–Kier alpha value is -1.73. The molecule has 2 nitrogen and oxygen atoms in total. The van der Waals surface area contributed by atoms with Gasteiger partial charge in [-0.3, -0.25) is 9.98 Å². The van der Waals surface area contributed by atoms with E-state index < -0.39 is 0 Å². The summed E-state index contributed by atoms with van der Waals surface area (Å²) in [4.78, 5) is 10.4. The summed E-state index contributed by atoms with van der Waals surface area (Å²) in [6.45, 7) is 13.4. The largest absolute Gasteiger partial charge is 0.252 e. The van der Waals surface area contributed by atoms with E-state index in [9.17, 15) is 0 Å². The second kappa shape index (κ2) is 17.7. The summed E-state index contributed by atoms with van der Waals surface area (Å²) >= 11 is 0. The fourth-order valence-electron chi connectivity index (χ4n) is 4.71. The van der Waals surface area contributed by atoms with Gasteiger partial charge in [-0.15, -0.1) is 0 Å². The van der Waals surface area contributed by atoms with E-state index in [0.717, 1.165) is 55.6 Å². The van der Waals surface area contributed by atoms with E-state index in [4.69, 9.17) is 9.98 Å². The van der Waals surface area contributed by atoms with Crippen molar-refractivity contribution in [1.29, 1.82) is 0 Å². The molecule has 0 aliphatic rings. The average Bonchev–Trinajstić information content (AvgIpc) is 2.88. The van der Waals surface area contributed by atoms with Crippen molar-refractivity contribution in [2.75, 3.05) is 0 Å². The molecule has 0 amide bonds. The summed E-state index contributed by atoms with van der Waals surface area (Å²) in [5.74, 6) is 0. The van der Waals surface area contributed by atoms with Crippen molar-refractivity contribution < 1.29 is 16.5 Å². The Morgan fingerprint density at radius 1 is 0.543 bits per heavy atom. The summed E-state index contributed by atoms with van der Waals surface area (Å²) in [7, 11) is 0. The minimum atomic E-state index is 0. The van der Waals surface area contributed by atoms with E-state index in [2.05, 4.69) is 77.9 Å². The van der Waals surface area contributed by atoms with Crippen LogP contribution in [0.15, 0.2) is 46.4 Å². The van der Waals surface area contributed by atoms with Crippen LogP contribution >= 0.6 is 0 Å². The number of nitrogens with zero attached hydrogens (tertiary/aromatic N) is 2. The number of hydrogen-bond acceptors (Lipinski definition) is 2. The maximum atomic E-state index is 5.21. The van der Waals surface area contributed by atoms with Crippen LogP contribution in [0.25, 0.3) is 0 Å². The quantitative estimate of drug-likeness (QED) is 0.127. The summed E-state index contributed by atoms with van der Waals surface area (Å²) < 4.78 is 0. The molecule has 0 radical (unpaired) electrons. The van der Waals surface area contributed by atoms with E-state index in [0.29, 0.717) is 0 Å². The Balaban J connectivity index is 0.00000612. The first-order valence-electron chi connectivity index (χ1n) is 14.0. The molecule has 2 aromatic rings. The molecular weight excluding hydrogens is 471 g/mol. The zero-order chi connectivity index (χ0) is 24.8. The molecule has 2 aromatic carbocycles. The predicted molar refractivity (Wildman–Crippen MR) is 153 cm³/mol. The molecule has 0 unspecified atom stereocenters. The first-order valence-corrected chi connectivity index (χ1v) is 14.0. The smallest absolute Gasteiger partial charge is 0.0636 e. The van der Waals surface area contributed by atoms with Gasteiger partial charge in [0.1, 0.15) is 0 Å². The van der Waals surface area contributed by atoms with Crippen molar-refractivity contribution >= 4 is 22.8 Å². The van der Waals surface area contributed by atoms with Gasteiger partial charge in [-0.05, 0) is 91.5 Å². The van der Waals surface area contributed by atoms with Gasteiger partial charge in [-0.2, -0.15) is 0 Å². The van der Waals surface area contributed by atoms with Gasteiger partial charge in [-0.25, -0.2) is 0 Å². The average molecular weight is 519 g/mol. The number of hydrogen-bond donors (Lipinski definition) is 0. The van der Waals surface area contributed by atoms with Gasteiger partial charge in [0.15, 0.2) is 0 Å². The van der Waals surface area contributed by atoms with Crippen molar-refractivity contribution in [3.8, 4) is 0 Å². The summed E-state index contributed by atoms with van der Waals surface area (Å²) in [6.07, 6.45) is 13.9. The van der Waals surface area contributed by atoms with Crippen LogP contribution in [-0.2, 0) is 42.2 Å². The van der Waals surface area contributed by atoms with Crippen molar-refractivity contribution in [1.82, 2.24) is 0 Å². The molecule has 0 aromatic heterocycles. The molecule has 0 aliphatic carbocycles. The molecule has 2 rings (SSSR count). The van der Waals surface area contributed by atoms with E-state index in [1.165, 1.54) is 66.5 Å². The second-order valence-corrected chi connectivity index (χ2v) is 9.31. The maximum Gasteiger partial charge on any atom is 0.0636 e. The SMILES string of the molecule is CCCCCCCCC(=N\c1ccc(CC)c(CC)c1)/C(CC)=N/c1ccc(CC)c(CC)c1.[Ni]. The normalized spacial score (nSPS) is 12.1. The van der Waals surface area contributed by atoms with Gasteiger partial charge in [0.2, 0.25) is 0 Å². The molecule has 196 valence electrons. The first kappa shape index (κ1) is 31.3. The Morgan fingerprint density at radius 3 is 1.46 bits per heavy atom. The number of unbranched alkanes of at least 4 members (excludes halogenated alkanes) is 5. The standard InChI is InChI=1S/C32H48N2.Ni/c1-7-13-14-15-16-17-18-32(34-30-22-20-26(9-3)28(11-5)24-30)31(12-6)33-29-21-19-25(8-2)27(10-4)23-29;/h19-24H,7-18H2,1-6H3;/b33-31+,34-32+;. The van der Waals surface area contributed by atoms with Gasteiger partial charge in [0.05, 0.1) is 22.8 Å². The summed E-state index contributed by atoms with van der Waals surface area (Å²) in [6, 6.07) is 13.5. The Labute approximate surface area is 226 Å². The number of aryl methyl sites for hydroxylation is 4. The molecule has 0 aliphatic heterocycles. The van der Waals surface area contributed by atoms with Crippen LogP contribution in [-0.4, -0.2) is 11.4 Å². The Kier molecular flexibility index (Phi) is 15.8. The van der Waals surface area contributed by atoms with E-state index in [1.54, 1.807) is 0 Å². The molecule has 0 N–H and O–H groups in total. The fourth-order valence-corrected chi connectivity index (χ4v) is 4.71. The van der Waals surface area contributed by atoms with Crippen LogP contribution in [0.4, 0.5) is 11.4 Å². The van der Waals surface area contributed by atoms with Gasteiger partial charge in [-0.1, -0.05) is 85.8 Å². The van der Waals surface area contributed by atoms with Crippen LogP contribution in [0.2, 0.25) is 0 Å². The molecule has 0 bridgehead atoms. The second-order valence-electron chi connectivity index (χ2n) is 9.31. The first-order chi connectivity index (χ1) is 16.6. The molecule has 35 heavy (non-hydrogen) atoms. The minimum Gasteiger partial charge on any atom is -0.252 e. The molecule has 0 spiro atoms. The zero-order valence-corrected chi connectivity index (χ0v) is 24.1. The molecule has 0 atom stereocenters. The van der Waals surface area contributed by atoms with Crippen molar-refractivity contribution in [3.05, 3.63) is 58.7 Å². The monoisotopic (exact) mass is 518 g/mol. The number of rotatable bonds is 15.